The summed E-state index contributed by atoms with van der Waals surface area (Å²) in [5.41, 5.74) is 4.49. The molecule has 0 nitrogen and oxygen atoms in total. The lowest BCUT2D eigenvalue weighted by atomic mass is 10.1. The summed E-state index contributed by atoms with van der Waals surface area (Å²) >= 11 is 0. The van der Waals surface area contributed by atoms with Crippen LogP contribution in [0.25, 0.3) is 0 Å². The van der Waals surface area contributed by atoms with Crippen LogP contribution in [0.1, 0.15) is 56.2 Å². The van der Waals surface area contributed by atoms with E-state index >= 15 is 0 Å². The number of unbranched alkanes of at least 4 members (excludes halogenated alkanes) is 3. The van der Waals surface area contributed by atoms with E-state index in [0.29, 0.717) is 0 Å². The molecule has 0 spiro atoms. The molecular weight excluding hydrogens is 235 g/mol. The smallest absolute Gasteiger partial charge is 0.0209 e. The summed E-state index contributed by atoms with van der Waals surface area (Å²) < 4.78 is 0. The normalized spacial score (nSPS) is 12.7. The predicted molar refractivity (Wildman–Crippen MR) is 86.8 cm³/mol. The van der Waals surface area contributed by atoms with Gasteiger partial charge in [-0.05, 0) is 61.5 Å². The molecule has 0 aliphatic rings. The molecule has 0 heterocycles. The van der Waals surface area contributed by atoms with E-state index in [9.17, 15) is 0 Å². The molecule has 1 unspecified atom stereocenters. The lowest BCUT2D eigenvalue weighted by Crippen LogP contribution is -2.11. The highest BCUT2D eigenvalue weighted by atomic mass is 31.1. The van der Waals surface area contributed by atoms with E-state index < -0.39 is 0 Å². The first-order valence-corrected chi connectivity index (χ1v) is 9.14. The summed E-state index contributed by atoms with van der Waals surface area (Å²) in [6.07, 6.45) is 8.34. The van der Waals surface area contributed by atoms with Crippen molar-refractivity contribution in [2.45, 2.75) is 60.3 Å². The molecule has 1 heteroatoms. The van der Waals surface area contributed by atoms with Crippen LogP contribution in [0.4, 0.5) is 0 Å². The van der Waals surface area contributed by atoms with Gasteiger partial charge in [-0.3, -0.25) is 0 Å². The maximum atomic E-state index is 2.40. The molecule has 1 rings (SSSR count). The molecule has 18 heavy (non-hydrogen) atoms. The minimum absolute atomic E-state index is 0.0804. The van der Waals surface area contributed by atoms with Crippen molar-refractivity contribution in [2.75, 3.05) is 12.3 Å². The Morgan fingerprint density at radius 1 is 0.889 bits per heavy atom. The van der Waals surface area contributed by atoms with E-state index in [1.54, 1.807) is 10.9 Å². The second-order valence-corrected chi connectivity index (χ2v) is 7.93. The average molecular weight is 264 g/mol. The Morgan fingerprint density at radius 2 is 1.61 bits per heavy atom. The highest BCUT2D eigenvalue weighted by Crippen LogP contribution is 2.37. The van der Waals surface area contributed by atoms with Crippen molar-refractivity contribution in [2.24, 2.45) is 0 Å². The van der Waals surface area contributed by atoms with Crippen LogP contribution in [0.3, 0.4) is 0 Å². The Balaban J connectivity index is 2.73. The minimum Gasteiger partial charge on any atom is -0.0753 e. The molecule has 0 saturated heterocycles. The van der Waals surface area contributed by atoms with Gasteiger partial charge >= 0.3 is 0 Å². The maximum Gasteiger partial charge on any atom is -0.0209 e. The zero-order valence-electron chi connectivity index (χ0n) is 12.8. The van der Waals surface area contributed by atoms with Gasteiger partial charge in [0.2, 0.25) is 0 Å². The van der Waals surface area contributed by atoms with Crippen molar-refractivity contribution in [3.05, 3.63) is 28.8 Å². The molecule has 0 bridgehead atoms. The third-order valence-electron chi connectivity index (χ3n) is 4.03. The van der Waals surface area contributed by atoms with Gasteiger partial charge in [-0.15, -0.1) is 0 Å². The van der Waals surface area contributed by atoms with E-state index in [0.717, 1.165) is 0 Å². The molecule has 102 valence electrons. The molecule has 0 aliphatic heterocycles. The summed E-state index contributed by atoms with van der Waals surface area (Å²) in [4.78, 5) is 0. The van der Waals surface area contributed by atoms with Crippen LogP contribution in [-0.2, 0) is 0 Å². The average Bonchev–Trinajstić information content (AvgIpc) is 2.38. The molecule has 1 atom stereocenters. The molecule has 1 aromatic rings. The van der Waals surface area contributed by atoms with Gasteiger partial charge in [0.25, 0.3) is 0 Å². The molecule has 0 saturated carbocycles. The zero-order valence-corrected chi connectivity index (χ0v) is 13.7. The van der Waals surface area contributed by atoms with Gasteiger partial charge in [0.1, 0.15) is 0 Å². The molecular formula is C17H29P. The second kappa shape index (κ2) is 7.95. The quantitative estimate of drug-likeness (QED) is 0.462. The molecule has 0 N–H and O–H groups in total. The van der Waals surface area contributed by atoms with Gasteiger partial charge in [0, 0.05) is 0 Å². The molecule has 1 aromatic carbocycles. The van der Waals surface area contributed by atoms with Crippen LogP contribution in [0.5, 0.6) is 0 Å². The predicted octanol–water partition coefficient (Wildman–Crippen LogP) is 5.32. The largest absolute Gasteiger partial charge is 0.0753 e. The summed E-state index contributed by atoms with van der Waals surface area (Å²) in [5.74, 6) is 0. The van der Waals surface area contributed by atoms with E-state index in [2.05, 4.69) is 46.8 Å². The topological polar surface area (TPSA) is 0 Å². The van der Waals surface area contributed by atoms with Gasteiger partial charge in [-0.25, -0.2) is 0 Å². The highest BCUT2D eigenvalue weighted by molar-refractivity contribution is 7.65. The van der Waals surface area contributed by atoms with Crippen molar-refractivity contribution >= 4 is 13.2 Å². The lowest BCUT2D eigenvalue weighted by molar-refractivity contribution is 0.705. The zero-order chi connectivity index (χ0) is 13.5. The van der Waals surface area contributed by atoms with Gasteiger partial charge in [0.15, 0.2) is 0 Å². The highest BCUT2D eigenvalue weighted by Gasteiger charge is 2.12. The van der Waals surface area contributed by atoms with Crippen molar-refractivity contribution in [1.82, 2.24) is 0 Å². The summed E-state index contributed by atoms with van der Waals surface area (Å²) in [6, 6.07) is 4.71. The lowest BCUT2D eigenvalue weighted by Gasteiger charge is -2.20. The van der Waals surface area contributed by atoms with Crippen LogP contribution in [0, 0.1) is 20.8 Å². The Bertz CT molecular complexity index is 368. The number of benzene rings is 1. The second-order valence-electron chi connectivity index (χ2n) is 5.29. The number of aryl methyl sites for hydroxylation is 1. The fourth-order valence-corrected chi connectivity index (χ4v) is 4.89. The van der Waals surface area contributed by atoms with E-state index in [1.165, 1.54) is 49.1 Å². The van der Waals surface area contributed by atoms with Crippen molar-refractivity contribution < 1.29 is 0 Å². The van der Waals surface area contributed by atoms with Crippen LogP contribution < -0.4 is 5.30 Å². The first-order valence-electron chi connectivity index (χ1n) is 7.43. The third-order valence-corrected chi connectivity index (χ3v) is 6.82. The molecule has 0 amide bonds. The standard InChI is InChI=1S/C17H29P/c1-6-8-9-10-13-18(7-2)17-12-11-14(3)15(4)16(17)5/h11-12H,6-10,13H2,1-5H3. The first-order chi connectivity index (χ1) is 8.61. The Kier molecular flexibility index (Phi) is 6.94. The fraction of sp³-hybridized carbons (Fsp3) is 0.647. The van der Waals surface area contributed by atoms with Crippen LogP contribution in [0.15, 0.2) is 12.1 Å². The molecule has 0 aliphatic carbocycles. The maximum absolute atomic E-state index is 2.40. The minimum atomic E-state index is 0.0804. The molecule has 0 aromatic heterocycles. The van der Waals surface area contributed by atoms with Crippen molar-refractivity contribution in [3.63, 3.8) is 0 Å². The third kappa shape index (κ3) is 4.09. The van der Waals surface area contributed by atoms with Crippen molar-refractivity contribution in [1.29, 1.82) is 0 Å². The summed E-state index contributed by atoms with van der Waals surface area (Å²) in [5, 5.41) is 1.66. The first kappa shape index (κ1) is 15.7. The molecule has 0 radical (unpaired) electrons. The summed E-state index contributed by atoms with van der Waals surface area (Å²) in [7, 11) is 0.0804. The van der Waals surface area contributed by atoms with Crippen LogP contribution in [-0.4, -0.2) is 12.3 Å². The number of hydrogen-bond donors (Lipinski definition) is 0. The van der Waals surface area contributed by atoms with Crippen LogP contribution in [0.2, 0.25) is 0 Å². The van der Waals surface area contributed by atoms with E-state index in [1.807, 2.05) is 0 Å². The Morgan fingerprint density at radius 3 is 2.22 bits per heavy atom. The van der Waals surface area contributed by atoms with Gasteiger partial charge < -0.3 is 0 Å². The Labute approximate surface area is 115 Å². The van der Waals surface area contributed by atoms with Gasteiger partial charge in [-0.2, -0.15) is 0 Å². The number of hydrogen-bond acceptors (Lipinski definition) is 0. The number of rotatable bonds is 7. The van der Waals surface area contributed by atoms with Gasteiger partial charge in [0.05, 0.1) is 0 Å². The summed E-state index contributed by atoms with van der Waals surface area (Å²) in [6.45, 7) is 11.5. The van der Waals surface area contributed by atoms with Crippen LogP contribution >= 0.6 is 7.92 Å². The fourth-order valence-electron chi connectivity index (χ4n) is 2.46. The van der Waals surface area contributed by atoms with Crippen molar-refractivity contribution in [3.8, 4) is 0 Å². The molecule has 0 fully saturated rings. The monoisotopic (exact) mass is 264 g/mol. The SMILES string of the molecule is CCCCCCP(CC)c1ccc(C)c(C)c1C. The van der Waals surface area contributed by atoms with Gasteiger partial charge in [-0.1, -0.05) is 53.2 Å². The van der Waals surface area contributed by atoms with E-state index in [-0.39, 0.29) is 7.92 Å². The Hall–Kier alpha value is -0.350. The van der Waals surface area contributed by atoms with E-state index in [4.69, 9.17) is 0 Å².